The number of hydrogen-bond acceptors (Lipinski definition) is 5. The summed E-state index contributed by atoms with van der Waals surface area (Å²) in [4.78, 5) is 21.5. The van der Waals surface area contributed by atoms with E-state index in [-0.39, 0.29) is 0 Å². The van der Waals surface area contributed by atoms with Crippen LogP contribution in [0.1, 0.15) is 24.2 Å². The second-order valence-corrected chi connectivity index (χ2v) is 6.12. The molecule has 0 unspecified atom stereocenters. The van der Waals surface area contributed by atoms with E-state index in [2.05, 4.69) is 18.5 Å². The number of carbonyl (C=O) groups is 2. The van der Waals surface area contributed by atoms with Crippen LogP contribution in [0.3, 0.4) is 0 Å². The van der Waals surface area contributed by atoms with Gasteiger partial charge in [0.1, 0.15) is 6.29 Å². The van der Waals surface area contributed by atoms with Crippen molar-refractivity contribution in [2.45, 2.75) is 13.8 Å². The van der Waals surface area contributed by atoms with Crippen LogP contribution >= 0.6 is 0 Å². The van der Waals surface area contributed by atoms with Crippen molar-refractivity contribution in [2.24, 2.45) is 5.73 Å². The van der Waals surface area contributed by atoms with Crippen LogP contribution in [0.5, 0.6) is 11.5 Å². The third-order valence-corrected chi connectivity index (χ3v) is 3.99. The number of ether oxygens (including phenoxy) is 2. The highest BCUT2D eigenvalue weighted by atomic mass is 16.5. The lowest BCUT2D eigenvalue weighted by Crippen LogP contribution is -2.13. The predicted octanol–water partition coefficient (Wildman–Crippen LogP) is 4.78. The molecule has 0 bridgehead atoms. The number of aldehydes is 1. The van der Waals surface area contributed by atoms with Gasteiger partial charge in [0.25, 0.3) is 5.91 Å². The maximum absolute atomic E-state index is 11.1. The Balaban J connectivity index is 0.000000581. The van der Waals surface area contributed by atoms with Gasteiger partial charge in [-0.2, -0.15) is 0 Å². The van der Waals surface area contributed by atoms with Crippen molar-refractivity contribution < 1.29 is 19.1 Å². The summed E-state index contributed by atoms with van der Waals surface area (Å²) in [5.74, 6) is 0.512. The van der Waals surface area contributed by atoms with E-state index in [1.165, 1.54) is 14.2 Å². The Kier molecular flexibility index (Phi) is 13.2. The number of methoxy groups -OCH3 is 2. The molecular weight excluding hydrogens is 392 g/mol. The van der Waals surface area contributed by atoms with E-state index in [1.54, 1.807) is 38.3 Å². The summed E-state index contributed by atoms with van der Waals surface area (Å²) in [5, 5.41) is 2.87. The van der Waals surface area contributed by atoms with Gasteiger partial charge in [-0.1, -0.05) is 55.7 Å². The number of nitrogens with two attached hydrogens (primary N) is 1. The van der Waals surface area contributed by atoms with Crippen LogP contribution in [0.2, 0.25) is 0 Å². The lowest BCUT2D eigenvalue weighted by molar-refractivity contribution is -0.104. The molecule has 0 aliphatic rings. The molecule has 6 nitrogen and oxygen atoms in total. The molecular formula is C25H32N2O4. The Hall–Kier alpha value is -3.80. The molecule has 0 fully saturated rings. The molecule has 0 saturated heterocycles. The Labute approximate surface area is 185 Å². The van der Waals surface area contributed by atoms with E-state index in [4.69, 9.17) is 15.2 Å². The van der Waals surface area contributed by atoms with Crippen molar-refractivity contribution in [1.29, 1.82) is 0 Å². The minimum Gasteiger partial charge on any atom is -0.493 e. The van der Waals surface area contributed by atoms with Crippen molar-refractivity contribution in [3.63, 3.8) is 0 Å². The first kappa shape index (κ1) is 27.2. The van der Waals surface area contributed by atoms with Gasteiger partial charge in [-0.15, -0.1) is 0 Å². The Morgan fingerprint density at radius 3 is 2.19 bits per heavy atom. The number of benzene rings is 1. The second kappa shape index (κ2) is 15.1. The first-order valence-electron chi connectivity index (χ1n) is 9.47. The van der Waals surface area contributed by atoms with Crippen LogP contribution in [0.25, 0.3) is 0 Å². The largest absolute Gasteiger partial charge is 0.493 e. The van der Waals surface area contributed by atoms with E-state index < -0.39 is 5.91 Å². The van der Waals surface area contributed by atoms with Crippen LogP contribution in [0.4, 0.5) is 5.69 Å². The van der Waals surface area contributed by atoms with Crippen LogP contribution in [0.15, 0.2) is 84.5 Å². The number of nitrogens with one attached hydrogen (secondary N) is 1. The van der Waals surface area contributed by atoms with Gasteiger partial charge >= 0.3 is 0 Å². The summed E-state index contributed by atoms with van der Waals surface area (Å²) in [7, 11) is 4.73. The SMILES string of the molecule is C=C/C=C\C(=C/C)C(=C)/C=C\C=C(/C)C=O.CNc1cc(OC)c(OC)cc1C(N)=O. The maximum Gasteiger partial charge on any atom is 0.250 e. The minimum absolute atomic E-state index is 0.371. The van der Waals surface area contributed by atoms with E-state index in [0.29, 0.717) is 28.3 Å². The minimum atomic E-state index is -0.514. The number of hydrogen-bond donors (Lipinski definition) is 2. The zero-order valence-electron chi connectivity index (χ0n) is 18.9. The quantitative estimate of drug-likeness (QED) is 0.321. The fourth-order valence-electron chi connectivity index (χ4n) is 2.30. The van der Waals surface area contributed by atoms with Crippen molar-refractivity contribution in [3.05, 3.63) is 90.1 Å². The summed E-state index contributed by atoms with van der Waals surface area (Å²) in [6.45, 7) is 11.3. The fraction of sp³-hybridized carbons (Fsp3) is 0.200. The molecule has 1 aromatic carbocycles. The van der Waals surface area contributed by atoms with Gasteiger partial charge in [0.05, 0.1) is 25.5 Å². The molecule has 3 N–H and O–H groups in total. The first-order chi connectivity index (χ1) is 14.8. The maximum atomic E-state index is 11.1. The summed E-state index contributed by atoms with van der Waals surface area (Å²) < 4.78 is 10.2. The van der Waals surface area contributed by atoms with Crippen LogP contribution in [-0.4, -0.2) is 33.5 Å². The van der Waals surface area contributed by atoms with E-state index in [0.717, 1.165) is 17.4 Å². The highest BCUT2D eigenvalue weighted by Crippen LogP contribution is 2.32. The molecule has 1 rings (SSSR count). The van der Waals surface area contributed by atoms with Gasteiger partial charge < -0.3 is 20.5 Å². The van der Waals surface area contributed by atoms with Gasteiger partial charge in [0, 0.05) is 13.1 Å². The standard InChI is InChI=1S/C15H18O.C10H14N2O3/c1-5-7-11-15(6-2)14(4)10-8-9-13(3)12-16;1-12-7-5-9(15-3)8(14-2)4-6(7)10(11)13/h5-12H,1,4H2,2-3H3;4-5,12H,1-3H3,(H2,11,13)/b10-8-,11-7-,13-9+,15-6+;. The Morgan fingerprint density at radius 1 is 1.13 bits per heavy atom. The Bertz CT molecular complexity index is 906. The topological polar surface area (TPSA) is 90.7 Å². The zero-order chi connectivity index (χ0) is 23.8. The molecule has 0 spiro atoms. The van der Waals surface area contributed by atoms with Crippen molar-refractivity contribution in [3.8, 4) is 11.5 Å². The van der Waals surface area contributed by atoms with Crippen LogP contribution in [0, 0.1) is 0 Å². The van der Waals surface area contributed by atoms with Gasteiger partial charge in [0.2, 0.25) is 0 Å². The van der Waals surface area contributed by atoms with Gasteiger partial charge in [-0.25, -0.2) is 0 Å². The van der Waals surface area contributed by atoms with Crippen molar-refractivity contribution in [1.82, 2.24) is 0 Å². The average Bonchev–Trinajstić information content (AvgIpc) is 2.78. The highest BCUT2D eigenvalue weighted by Gasteiger charge is 2.13. The number of amides is 1. The van der Waals surface area contributed by atoms with Gasteiger partial charge in [-0.3, -0.25) is 9.59 Å². The van der Waals surface area contributed by atoms with Gasteiger partial charge in [0.15, 0.2) is 11.5 Å². The first-order valence-corrected chi connectivity index (χ1v) is 9.47. The molecule has 166 valence electrons. The molecule has 0 aliphatic carbocycles. The molecule has 0 aromatic heterocycles. The number of carbonyl (C=O) groups excluding carboxylic acids is 2. The van der Waals surface area contributed by atoms with E-state index in [1.807, 2.05) is 37.3 Å². The molecule has 0 atom stereocenters. The molecule has 0 aliphatic heterocycles. The number of allylic oxidation sites excluding steroid dienone is 10. The molecule has 31 heavy (non-hydrogen) atoms. The fourth-order valence-corrected chi connectivity index (χ4v) is 2.30. The lowest BCUT2D eigenvalue weighted by atomic mass is 10.1. The monoisotopic (exact) mass is 424 g/mol. The molecule has 1 amide bonds. The molecule has 0 heterocycles. The predicted molar refractivity (Wildman–Crippen MR) is 129 cm³/mol. The molecule has 0 radical (unpaired) electrons. The van der Waals surface area contributed by atoms with Crippen LogP contribution < -0.4 is 20.5 Å². The van der Waals surface area contributed by atoms with E-state index in [9.17, 15) is 9.59 Å². The zero-order valence-corrected chi connectivity index (χ0v) is 18.9. The summed E-state index contributed by atoms with van der Waals surface area (Å²) in [5.41, 5.74) is 8.83. The smallest absolute Gasteiger partial charge is 0.250 e. The Morgan fingerprint density at radius 2 is 1.74 bits per heavy atom. The normalized spacial score (nSPS) is 11.5. The molecule has 6 heteroatoms. The summed E-state index contributed by atoms with van der Waals surface area (Å²) >= 11 is 0. The number of anilines is 1. The molecule has 0 saturated carbocycles. The van der Waals surface area contributed by atoms with E-state index >= 15 is 0 Å². The lowest BCUT2D eigenvalue weighted by Gasteiger charge is -2.12. The average molecular weight is 425 g/mol. The summed E-state index contributed by atoms with van der Waals surface area (Å²) in [6.07, 6.45) is 13.8. The third kappa shape index (κ3) is 9.49. The van der Waals surface area contributed by atoms with Crippen LogP contribution in [-0.2, 0) is 4.79 Å². The third-order valence-electron chi connectivity index (χ3n) is 3.99. The molecule has 1 aromatic rings. The highest BCUT2D eigenvalue weighted by molar-refractivity contribution is 5.99. The second-order valence-electron chi connectivity index (χ2n) is 6.12. The van der Waals surface area contributed by atoms with Crippen molar-refractivity contribution >= 4 is 17.9 Å². The number of rotatable bonds is 10. The van der Waals surface area contributed by atoms with Crippen molar-refractivity contribution in [2.75, 3.05) is 26.6 Å². The number of primary amides is 1. The summed E-state index contributed by atoms with van der Waals surface area (Å²) in [6, 6.07) is 3.21. The van der Waals surface area contributed by atoms with Gasteiger partial charge in [-0.05, 0) is 36.6 Å².